The van der Waals surface area contributed by atoms with Crippen LogP contribution >= 0.6 is 11.8 Å². The van der Waals surface area contributed by atoms with Crippen LogP contribution in [0.3, 0.4) is 0 Å². The highest BCUT2D eigenvalue weighted by Crippen LogP contribution is 2.28. The number of fused-ring (bicyclic) bond motifs is 1. The molecular formula is C25H27N3O5S. The van der Waals surface area contributed by atoms with Crippen molar-refractivity contribution in [3.8, 4) is 11.4 Å². The molecule has 0 aliphatic carbocycles. The van der Waals surface area contributed by atoms with E-state index in [0.717, 1.165) is 0 Å². The Morgan fingerprint density at radius 1 is 1.09 bits per heavy atom. The summed E-state index contributed by atoms with van der Waals surface area (Å²) in [5.41, 5.74) is 0.919. The second-order valence-corrected chi connectivity index (χ2v) is 8.86. The minimum absolute atomic E-state index is 0.0544. The molecule has 0 radical (unpaired) electrons. The highest BCUT2D eigenvalue weighted by Gasteiger charge is 2.28. The molecule has 1 aliphatic heterocycles. The number of likely N-dealkylation sites (tertiary alicyclic amines) is 1. The number of hydrogen-bond acceptors (Lipinski definition) is 7. The summed E-state index contributed by atoms with van der Waals surface area (Å²) in [6.45, 7) is 3.17. The van der Waals surface area contributed by atoms with Gasteiger partial charge in [-0.15, -0.1) is 0 Å². The normalized spacial score (nSPS) is 14.2. The highest BCUT2D eigenvalue weighted by atomic mass is 32.2. The van der Waals surface area contributed by atoms with Crippen LogP contribution < -0.4 is 10.3 Å². The third kappa shape index (κ3) is 4.94. The number of methoxy groups -OCH3 is 1. The predicted octanol–water partition coefficient (Wildman–Crippen LogP) is 3.29. The molecule has 9 heteroatoms. The maximum atomic E-state index is 13.4. The van der Waals surface area contributed by atoms with Gasteiger partial charge in [0.2, 0.25) is 5.91 Å². The minimum Gasteiger partial charge on any atom is -0.495 e. The molecule has 3 aromatic rings. The molecule has 0 bridgehead atoms. The number of para-hydroxylation sites is 3. The van der Waals surface area contributed by atoms with Gasteiger partial charge in [0.05, 0.1) is 42.0 Å². The van der Waals surface area contributed by atoms with Crippen LogP contribution in [-0.2, 0) is 14.3 Å². The number of hydrogen-bond donors (Lipinski definition) is 0. The van der Waals surface area contributed by atoms with Crippen LogP contribution in [0.4, 0.5) is 0 Å². The van der Waals surface area contributed by atoms with Crippen molar-refractivity contribution in [1.29, 1.82) is 0 Å². The van der Waals surface area contributed by atoms with Crippen molar-refractivity contribution >= 4 is 34.5 Å². The number of amides is 1. The molecule has 178 valence electrons. The van der Waals surface area contributed by atoms with Crippen LogP contribution in [0.5, 0.6) is 5.75 Å². The molecule has 8 nitrogen and oxygen atoms in total. The number of piperidine rings is 1. The van der Waals surface area contributed by atoms with Crippen LogP contribution in [0.2, 0.25) is 0 Å². The van der Waals surface area contributed by atoms with E-state index < -0.39 is 0 Å². The maximum absolute atomic E-state index is 13.4. The second kappa shape index (κ2) is 10.7. The van der Waals surface area contributed by atoms with E-state index in [-0.39, 0.29) is 29.1 Å². The van der Waals surface area contributed by atoms with Crippen LogP contribution in [0.25, 0.3) is 16.6 Å². The summed E-state index contributed by atoms with van der Waals surface area (Å²) in [7, 11) is 1.55. The molecule has 1 amide bonds. The molecule has 1 saturated heterocycles. The summed E-state index contributed by atoms with van der Waals surface area (Å²) in [4.78, 5) is 44.8. The van der Waals surface area contributed by atoms with Gasteiger partial charge in [-0.25, -0.2) is 4.98 Å². The molecule has 0 saturated carbocycles. The number of carbonyl (C=O) groups excluding carboxylic acids is 2. The van der Waals surface area contributed by atoms with E-state index in [9.17, 15) is 14.4 Å². The van der Waals surface area contributed by atoms with Crippen molar-refractivity contribution in [2.75, 3.05) is 32.6 Å². The van der Waals surface area contributed by atoms with Crippen molar-refractivity contribution in [3.63, 3.8) is 0 Å². The van der Waals surface area contributed by atoms with Crippen molar-refractivity contribution in [2.45, 2.75) is 24.9 Å². The van der Waals surface area contributed by atoms with Crippen LogP contribution in [0.1, 0.15) is 19.8 Å². The van der Waals surface area contributed by atoms with Gasteiger partial charge in [-0.05, 0) is 44.0 Å². The lowest BCUT2D eigenvalue weighted by Gasteiger charge is -2.30. The van der Waals surface area contributed by atoms with E-state index in [1.807, 2.05) is 18.2 Å². The molecule has 0 atom stereocenters. The first-order valence-electron chi connectivity index (χ1n) is 11.3. The predicted molar refractivity (Wildman–Crippen MR) is 131 cm³/mol. The minimum atomic E-state index is -0.222. The Labute approximate surface area is 201 Å². The van der Waals surface area contributed by atoms with Gasteiger partial charge in [-0.1, -0.05) is 36.0 Å². The number of carbonyl (C=O) groups is 2. The molecule has 2 heterocycles. The fourth-order valence-electron chi connectivity index (χ4n) is 4.08. The van der Waals surface area contributed by atoms with E-state index in [1.54, 1.807) is 49.3 Å². The lowest BCUT2D eigenvalue weighted by molar-refractivity contribution is -0.151. The van der Waals surface area contributed by atoms with Crippen molar-refractivity contribution in [1.82, 2.24) is 14.5 Å². The van der Waals surface area contributed by atoms with Crippen LogP contribution in [-0.4, -0.2) is 58.9 Å². The Morgan fingerprint density at radius 2 is 1.79 bits per heavy atom. The number of ether oxygens (including phenoxy) is 2. The van der Waals surface area contributed by atoms with Gasteiger partial charge in [-0.2, -0.15) is 0 Å². The first kappa shape index (κ1) is 23.8. The molecule has 0 unspecified atom stereocenters. The number of esters is 1. The summed E-state index contributed by atoms with van der Waals surface area (Å²) in [6.07, 6.45) is 1.19. The lowest BCUT2D eigenvalue weighted by Crippen LogP contribution is -2.41. The van der Waals surface area contributed by atoms with Gasteiger partial charge in [0.25, 0.3) is 5.56 Å². The quantitative estimate of drug-likeness (QED) is 0.291. The molecular weight excluding hydrogens is 454 g/mol. The van der Waals surface area contributed by atoms with Crippen molar-refractivity contribution in [2.24, 2.45) is 5.92 Å². The summed E-state index contributed by atoms with van der Waals surface area (Å²) < 4.78 is 12.1. The van der Waals surface area contributed by atoms with Gasteiger partial charge >= 0.3 is 5.97 Å². The van der Waals surface area contributed by atoms with Crippen LogP contribution in [0, 0.1) is 5.92 Å². The molecule has 2 aromatic carbocycles. The van der Waals surface area contributed by atoms with Gasteiger partial charge in [0.15, 0.2) is 5.16 Å². The molecule has 34 heavy (non-hydrogen) atoms. The maximum Gasteiger partial charge on any atom is 0.309 e. The second-order valence-electron chi connectivity index (χ2n) is 7.92. The largest absolute Gasteiger partial charge is 0.495 e. The lowest BCUT2D eigenvalue weighted by atomic mass is 9.97. The molecule has 1 aromatic heterocycles. The zero-order chi connectivity index (χ0) is 24.1. The van der Waals surface area contributed by atoms with E-state index in [0.29, 0.717) is 60.0 Å². The zero-order valence-corrected chi connectivity index (χ0v) is 20.0. The Balaban J connectivity index is 1.57. The smallest absolute Gasteiger partial charge is 0.309 e. The molecule has 0 spiro atoms. The fourth-order valence-corrected chi connectivity index (χ4v) is 4.99. The van der Waals surface area contributed by atoms with Crippen molar-refractivity contribution < 1.29 is 19.1 Å². The topological polar surface area (TPSA) is 90.7 Å². The Kier molecular flexibility index (Phi) is 7.52. The highest BCUT2D eigenvalue weighted by molar-refractivity contribution is 7.99. The van der Waals surface area contributed by atoms with Gasteiger partial charge in [0.1, 0.15) is 5.75 Å². The summed E-state index contributed by atoms with van der Waals surface area (Å²) in [5, 5.41) is 0.910. The summed E-state index contributed by atoms with van der Waals surface area (Å²) in [5.74, 6) is 0.265. The van der Waals surface area contributed by atoms with E-state index in [2.05, 4.69) is 0 Å². The summed E-state index contributed by atoms with van der Waals surface area (Å²) >= 11 is 1.22. The molecule has 4 rings (SSSR count). The first-order valence-corrected chi connectivity index (χ1v) is 12.2. The Bertz CT molecular complexity index is 1250. The van der Waals surface area contributed by atoms with Crippen molar-refractivity contribution in [3.05, 3.63) is 58.9 Å². The monoisotopic (exact) mass is 481 g/mol. The van der Waals surface area contributed by atoms with E-state index in [4.69, 9.17) is 14.5 Å². The number of rotatable bonds is 7. The zero-order valence-electron chi connectivity index (χ0n) is 19.2. The van der Waals surface area contributed by atoms with Gasteiger partial charge in [-0.3, -0.25) is 19.0 Å². The standard InChI is InChI=1S/C25H27N3O5S/c1-3-33-24(31)17-12-14-27(15-13-17)22(29)16-34-25-26-19-9-5-4-8-18(19)23(30)28(25)20-10-6-7-11-21(20)32-2/h4-11,17H,3,12-16H2,1-2H3. The van der Waals surface area contributed by atoms with E-state index >= 15 is 0 Å². The fraction of sp³-hybridized carbons (Fsp3) is 0.360. The molecule has 0 N–H and O–H groups in total. The third-order valence-electron chi connectivity index (χ3n) is 5.86. The number of benzene rings is 2. The number of aromatic nitrogens is 2. The van der Waals surface area contributed by atoms with Crippen LogP contribution in [0.15, 0.2) is 58.5 Å². The number of thioether (sulfide) groups is 1. The SMILES string of the molecule is CCOC(=O)C1CCN(C(=O)CSc2nc3ccccc3c(=O)n2-c2ccccc2OC)CC1. The molecule has 1 fully saturated rings. The average Bonchev–Trinajstić information content (AvgIpc) is 2.87. The number of nitrogens with zero attached hydrogens (tertiary/aromatic N) is 3. The third-order valence-corrected chi connectivity index (χ3v) is 6.79. The summed E-state index contributed by atoms with van der Waals surface area (Å²) in [6, 6.07) is 14.4. The van der Waals surface area contributed by atoms with E-state index in [1.165, 1.54) is 16.3 Å². The molecule has 1 aliphatic rings. The Morgan fingerprint density at radius 3 is 2.53 bits per heavy atom. The average molecular weight is 482 g/mol. The van der Waals surface area contributed by atoms with Gasteiger partial charge in [0, 0.05) is 13.1 Å². The Hall–Kier alpha value is -3.33. The first-order chi connectivity index (χ1) is 16.5. The van der Waals surface area contributed by atoms with Gasteiger partial charge < -0.3 is 14.4 Å².